The Labute approximate surface area is 144 Å². The molecule has 0 saturated heterocycles. The number of carbonyl (C=O) groups excluding carboxylic acids is 1. The average Bonchev–Trinajstić information content (AvgIpc) is 3.33. The number of rotatable bonds is 5. The molecule has 1 saturated carbocycles. The molecule has 1 fully saturated rings. The van der Waals surface area contributed by atoms with Crippen LogP contribution in [0, 0.1) is 5.92 Å². The van der Waals surface area contributed by atoms with Crippen LogP contribution in [0.5, 0.6) is 0 Å². The van der Waals surface area contributed by atoms with E-state index in [-0.39, 0.29) is 17.5 Å². The van der Waals surface area contributed by atoms with E-state index in [1.807, 2.05) is 0 Å². The van der Waals surface area contributed by atoms with E-state index in [9.17, 15) is 9.59 Å². The molecule has 2 aliphatic carbocycles. The number of aromatic nitrogens is 2. The van der Waals surface area contributed by atoms with E-state index in [0.717, 1.165) is 29.5 Å². The molecular formula is C18H23N3O2S. The van der Waals surface area contributed by atoms with Crippen LogP contribution in [-0.2, 0) is 24.1 Å². The molecule has 0 bridgehead atoms. The second kappa shape index (κ2) is 6.31. The van der Waals surface area contributed by atoms with E-state index in [2.05, 4.69) is 22.2 Å². The molecule has 1 amide bonds. The number of fused-ring (bicyclic) bond motifs is 3. The van der Waals surface area contributed by atoms with E-state index in [0.29, 0.717) is 24.6 Å². The molecule has 2 heterocycles. The molecule has 24 heavy (non-hydrogen) atoms. The van der Waals surface area contributed by atoms with Crippen molar-refractivity contribution in [3.05, 3.63) is 26.6 Å². The standard InChI is InChI=1S/C18H23N3O2S/c1-10(11-6-7-11)19-15(22)9-8-14-20-17(23)16-12-4-2-3-5-13(12)24-18(16)21-14/h10-11H,2-9H2,1H3,(H,19,22)(H,20,21,23). The van der Waals surface area contributed by atoms with E-state index in [4.69, 9.17) is 0 Å². The summed E-state index contributed by atoms with van der Waals surface area (Å²) >= 11 is 1.65. The smallest absolute Gasteiger partial charge is 0.259 e. The van der Waals surface area contributed by atoms with Gasteiger partial charge in [-0.25, -0.2) is 4.98 Å². The van der Waals surface area contributed by atoms with Crippen LogP contribution in [0.4, 0.5) is 0 Å². The number of nitrogens with one attached hydrogen (secondary N) is 2. The van der Waals surface area contributed by atoms with Gasteiger partial charge in [0.25, 0.3) is 5.56 Å². The highest BCUT2D eigenvalue weighted by Gasteiger charge is 2.28. The zero-order valence-electron chi connectivity index (χ0n) is 14.0. The van der Waals surface area contributed by atoms with Gasteiger partial charge in [0.2, 0.25) is 5.91 Å². The highest BCUT2D eigenvalue weighted by Crippen LogP contribution is 2.33. The van der Waals surface area contributed by atoms with Gasteiger partial charge in [-0.2, -0.15) is 0 Å². The number of thiophene rings is 1. The van der Waals surface area contributed by atoms with Crippen LogP contribution in [0.3, 0.4) is 0 Å². The maximum Gasteiger partial charge on any atom is 0.259 e. The minimum atomic E-state index is -0.0406. The van der Waals surface area contributed by atoms with Crippen molar-refractivity contribution in [2.24, 2.45) is 5.92 Å². The summed E-state index contributed by atoms with van der Waals surface area (Å²) in [5, 5.41) is 3.83. The Bertz CT molecular complexity index is 835. The fourth-order valence-electron chi connectivity index (χ4n) is 3.60. The number of hydrogen-bond donors (Lipinski definition) is 2. The molecule has 2 N–H and O–H groups in total. The number of aryl methyl sites for hydroxylation is 3. The normalized spacial score (nSPS) is 18.4. The number of carbonyl (C=O) groups is 1. The average molecular weight is 345 g/mol. The zero-order valence-corrected chi connectivity index (χ0v) is 14.8. The molecule has 4 rings (SSSR count). The predicted molar refractivity (Wildman–Crippen MR) is 95.5 cm³/mol. The first-order valence-electron chi connectivity index (χ1n) is 8.94. The molecule has 2 aromatic rings. The van der Waals surface area contributed by atoms with E-state index in [1.165, 1.54) is 29.7 Å². The van der Waals surface area contributed by atoms with Gasteiger partial charge in [-0.1, -0.05) is 0 Å². The second-order valence-corrected chi connectivity index (χ2v) is 8.18. The number of amides is 1. The lowest BCUT2D eigenvalue weighted by molar-refractivity contribution is -0.121. The van der Waals surface area contributed by atoms with Gasteiger partial charge in [-0.05, 0) is 56.9 Å². The van der Waals surface area contributed by atoms with Gasteiger partial charge in [0.15, 0.2) is 0 Å². The van der Waals surface area contributed by atoms with Gasteiger partial charge >= 0.3 is 0 Å². The van der Waals surface area contributed by atoms with Gasteiger partial charge < -0.3 is 10.3 Å². The lowest BCUT2D eigenvalue weighted by Gasteiger charge is -2.12. The minimum absolute atomic E-state index is 0.0406. The van der Waals surface area contributed by atoms with E-state index >= 15 is 0 Å². The van der Waals surface area contributed by atoms with Crippen LogP contribution in [0.1, 0.15) is 55.3 Å². The highest BCUT2D eigenvalue weighted by molar-refractivity contribution is 7.18. The molecule has 0 aliphatic heterocycles. The molecule has 0 spiro atoms. The van der Waals surface area contributed by atoms with Crippen molar-refractivity contribution in [2.45, 2.75) is 64.3 Å². The molecule has 1 atom stereocenters. The lowest BCUT2D eigenvalue weighted by atomic mass is 9.97. The van der Waals surface area contributed by atoms with Crippen LogP contribution < -0.4 is 10.9 Å². The van der Waals surface area contributed by atoms with Gasteiger partial charge in [0, 0.05) is 23.8 Å². The third kappa shape index (κ3) is 3.11. The summed E-state index contributed by atoms with van der Waals surface area (Å²) in [5.74, 6) is 1.32. The van der Waals surface area contributed by atoms with Crippen molar-refractivity contribution < 1.29 is 4.79 Å². The first kappa shape index (κ1) is 15.8. The Morgan fingerprint density at radius 3 is 2.96 bits per heavy atom. The number of H-pyrrole nitrogens is 1. The summed E-state index contributed by atoms with van der Waals surface area (Å²) in [6.07, 6.45) is 7.69. The molecule has 2 aliphatic rings. The predicted octanol–water partition coefficient (Wildman–Crippen LogP) is 2.71. The van der Waals surface area contributed by atoms with E-state index < -0.39 is 0 Å². The fraction of sp³-hybridized carbons (Fsp3) is 0.611. The molecule has 2 aromatic heterocycles. The molecule has 0 aromatic carbocycles. The van der Waals surface area contributed by atoms with E-state index in [1.54, 1.807) is 11.3 Å². The molecule has 5 nitrogen and oxygen atoms in total. The summed E-state index contributed by atoms with van der Waals surface area (Å²) in [6, 6.07) is 0.260. The SMILES string of the molecule is CC(NC(=O)CCc1nc2sc3c(c2c(=O)[nH]1)CCCC3)C1CC1. The maximum atomic E-state index is 12.5. The Morgan fingerprint density at radius 2 is 2.17 bits per heavy atom. The van der Waals surface area contributed by atoms with Crippen LogP contribution in [0.2, 0.25) is 0 Å². The zero-order chi connectivity index (χ0) is 16.7. The summed E-state index contributed by atoms with van der Waals surface area (Å²) in [5.41, 5.74) is 1.17. The number of hydrogen-bond acceptors (Lipinski definition) is 4. The van der Waals surface area contributed by atoms with Crippen molar-refractivity contribution in [3.63, 3.8) is 0 Å². The molecule has 0 radical (unpaired) electrons. The van der Waals surface area contributed by atoms with Crippen molar-refractivity contribution >= 4 is 27.5 Å². The van der Waals surface area contributed by atoms with Gasteiger partial charge in [0.1, 0.15) is 10.7 Å². The summed E-state index contributed by atoms with van der Waals surface area (Å²) in [7, 11) is 0. The van der Waals surface area contributed by atoms with Crippen molar-refractivity contribution in [1.29, 1.82) is 0 Å². The molecule has 1 unspecified atom stereocenters. The molecule has 6 heteroatoms. The monoisotopic (exact) mass is 345 g/mol. The molecule has 128 valence electrons. The Hall–Kier alpha value is -1.69. The first-order chi connectivity index (χ1) is 11.6. The largest absolute Gasteiger partial charge is 0.353 e. The minimum Gasteiger partial charge on any atom is -0.353 e. The van der Waals surface area contributed by atoms with Gasteiger partial charge in [-0.3, -0.25) is 9.59 Å². The summed E-state index contributed by atoms with van der Waals surface area (Å²) in [4.78, 5) is 34.2. The Kier molecular flexibility index (Phi) is 4.16. The van der Waals surface area contributed by atoms with Crippen LogP contribution in [-0.4, -0.2) is 21.9 Å². The topological polar surface area (TPSA) is 74.8 Å². The van der Waals surface area contributed by atoms with Gasteiger partial charge in [0.05, 0.1) is 5.39 Å². The first-order valence-corrected chi connectivity index (χ1v) is 9.76. The molecular weight excluding hydrogens is 322 g/mol. The maximum absolute atomic E-state index is 12.5. The summed E-state index contributed by atoms with van der Waals surface area (Å²) in [6.45, 7) is 2.07. The third-order valence-corrected chi connectivity index (χ3v) is 6.37. The lowest BCUT2D eigenvalue weighted by Crippen LogP contribution is -2.34. The van der Waals surface area contributed by atoms with Crippen LogP contribution in [0.15, 0.2) is 4.79 Å². The fourth-order valence-corrected chi connectivity index (χ4v) is 4.88. The number of nitrogens with zero attached hydrogens (tertiary/aromatic N) is 1. The van der Waals surface area contributed by atoms with Crippen molar-refractivity contribution in [2.75, 3.05) is 0 Å². The Morgan fingerprint density at radius 1 is 1.38 bits per heavy atom. The Balaban J connectivity index is 1.48. The third-order valence-electron chi connectivity index (χ3n) is 5.18. The van der Waals surface area contributed by atoms with Gasteiger partial charge in [-0.15, -0.1) is 11.3 Å². The van der Waals surface area contributed by atoms with Crippen molar-refractivity contribution in [1.82, 2.24) is 15.3 Å². The van der Waals surface area contributed by atoms with Crippen LogP contribution >= 0.6 is 11.3 Å². The number of aromatic amines is 1. The highest BCUT2D eigenvalue weighted by atomic mass is 32.1. The van der Waals surface area contributed by atoms with Crippen LogP contribution in [0.25, 0.3) is 10.2 Å². The second-order valence-electron chi connectivity index (χ2n) is 7.10. The van der Waals surface area contributed by atoms with Crippen molar-refractivity contribution in [3.8, 4) is 0 Å². The summed E-state index contributed by atoms with van der Waals surface area (Å²) < 4.78 is 0. The quantitative estimate of drug-likeness (QED) is 0.875.